The Morgan fingerprint density at radius 3 is 2.23 bits per heavy atom. The molecule has 1 unspecified atom stereocenters. The van der Waals surface area contributed by atoms with Crippen molar-refractivity contribution in [2.45, 2.75) is 6.35 Å². The van der Waals surface area contributed by atoms with E-state index in [-0.39, 0.29) is 5.69 Å². The maximum Gasteiger partial charge on any atom is 0.202 e. The smallest absolute Gasteiger partial charge is 0.202 e. The molecule has 0 radical (unpaired) electrons. The maximum absolute atomic E-state index is 13.1. The molecule has 0 spiro atoms. The van der Waals surface area contributed by atoms with E-state index >= 15 is 0 Å². The fraction of sp³-hybridized carbons (Fsp3) is 0.200. The average Bonchev–Trinajstić information content (AvgIpc) is 2.51. The third kappa shape index (κ3) is 3.20. The topological polar surface area (TPSA) is 62.8 Å². The van der Waals surface area contributed by atoms with Crippen molar-refractivity contribution in [3.8, 4) is 11.5 Å². The van der Waals surface area contributed by atoms with Crippen LogP contribution in [0, 0.1) is 11.6 Å². The highest BCUT2D eigenvalue weighted by molar-refractivity contribution is 5.56. The highest BCUT2D eigenvalue weighted by atomic mass is 19.2. The SMILES string of the molecule is OC(Nc1ccc(F)c(F)c1)Nc1ccc2c(c1)OCCO2. The van der Waals surface area contributed by atoms with Crippen molar-refractivity contribution in [3.05, 3.63) is 48.0 Å². The van der Waals surface area contributed by atoms with E-state index in [1.54, 1.807) is 18.2 Å². The first-order chi connectivity index (χ1) is 10.6. The molecule has 3 N–H and O–H groups in total. The van der Waals surface area contributed by atoms with E-state index in [1.165, 1.54) is 6.07 Å². The van der Waals surface area contributed by atoms with Gasteiger partial charge in [0.2, 0.25) is 6.35 Å². The highest BCUT2D eigenvalue weighted by Crippen LogP contribution is 2.32. The van der Waals surface area contributed by atoms with E-state index in [1.807, 2.05) is 0 Å². The second-order valence-corrected chi connectivity index (χ2v) is 4.68. The van der Waals surface area contributed by atoms with Crippen LogP contribution in [0.15, 0.2) is 36.4 Å². The molecule has 1 heterocycles. The van der Waals surface area contributed by atoms with Crippen molar-refractivity contribution in [1.82, 2.24) is 0 Å². The third-order valence-electron chi connectivity index (χ3n) is 3.07. The highest BCUT2D eigenvalue weighted by Gasteiger charge is 2.13. The zero-order valence-corrected chi connectivity index (χ0v) is 11.5. The lowest BCUT2D eigenvalue weighted by molar-refractivity contribution is 0.171. The van der Waals surface area contributed by atoms with Gasteiger partial charge in [0.05, 0.1) is 0 Å². The predicted molar refractivity (Wildman–Crippen MR) is 77.0 cm³/mol. The summed E-state index contributed by atoms with van der Waals surface area (Å²) in [6.45, 7) is 0.964. The van der Waals surface area contributed by atoms with Gasteiger partial charge in [-0.25, -0.2) is 8.78 Å². The molecule has 0 fully saturated rings. The lowest BCUT2D eigenvalue weighted by Crippen LogP contribution is -2.28. The van der Waals surface area contributed by atoms with Gasteiger partial charge in [0.1, 0.15) is 13.2 Å². The standard InChI is InChI=1S/C15H14F2N2O3/c16-11-3-1-9(7-12(11)17)18-15(20)19-10-2-4-13-14(8-10)22-6-5-21-13/h1-4,7-8,15,18-20H,5-6H2. The number of ether oxygens (including phenoxy) is 2. The lowest BCUT2D eigenvalue weighted by atomic mass is 10.2. The maximum atomic E-state index is 13.1. The molecule has 0 bridgehead atoms. The molecule has 1 aliphatic heterocycles. The summed E-state index contributed by atoms with van der Waals surface area (Å²) in [5.74, 6) is -0.715. The fourth-order valence-corrected chi connectivity index (χ4v) is 2.07. The first-order valence-electron chi connectivity index (χ1n) is 6.68. The van der Waals surface area contributed by atoms with E-state index in [4.69, 9.17) is 9.47 Å². The van der Waals surface area contributed by atoms with Crippen molar-refractivity contribution < 1.29 is 23.4 Å². The second-order valence-electron chi connectivity index (χ2n) is 4.68. The molecule has 0 amide bonds. The minimum Gasteiger partial charge on any atom is -0.486 e. The summed E-state index contributed by atoms with van der Waals surface area (Å²) in [5.41, 5.74) is 0.836. The Morgan fingerprint density at radius 1 is 0.864 bits per heavy atom. The van der Waals surface area contributed by atoms with Gasteiger partial charge in [0.15, 0.2) is 23.1 Å². The van der Waals surface area contributed by atoms with Crippen molar-refractivity contribution in [1.29, 1.82) is 0 Å². The monoisotopic (exact) mass is 308 g/mol. The fourth-order valence-electron chi connectivity index (χ4n) is 2.07. The molecule has 7 heteroatoms. The van der Waals surface area contributed by atoms with E-state index in [2.05, 4.69) is 10.6 Å². The van der Waals surface area contributed by atoms with Gasteiger partial charge in [0, 0.05) is 23.5 Å². The van der Waals surface area contributed by atoms with Crippen LogP contribution in [0.3, 0.4) is 0 Å². The van der Waals surface area contributed by atoms with Gasteiger partial charge in [0.25, 0.3) is 0 Å². The number of hydrogen-bond acceptors (Lipinski definition) is 5. The normalized spacial score (nSPS) is 14.3. The van der Waals surface area contributed by atoms with Crippen LogP contribution in [0.25, 0.3) is 0 Å². The largest absolute Gasteiger partial charge is 0.486 e. The van der Waals surface area contributed by atoms with E-state index in [0.717, 1.165) is 12.1 Å². The van der Waals surface area contributed by atoms with Crippen LogP contribution >= 0.6 is 0 Å². The van der Waals surface area contributed by atoms with Crippen LogP contribution in [0.2, 0.25) is 0 Å². The summed E-state index contributed by atoms with van der Waals surface area (Å²) in [7, 11) is 0. The molecular formula is C15H14F2N2O3. The van der Waals surface area contributed by atoms with Crippen LogP contribution in [0.1, 0.15) is 0 Å². The second kappa shape index (κ2) is 6.07. The lowest BCUT2D eigenvalue weighted by Gasteiger charge is -2.21. The molecule has 2 aromatic rings. The number of halogens is 2. The Balaban J connectivity index is 1.66. The number of aliphatic hydroxyl groups excluding tert-OH is 1. The van der Waals surface area contributed by atoms with Crippen LogP contribution in [-0.4, -0.2) is 24.7 Å². The van der Waals surface area contributed by atoms with Crippen LogP contribution < -0.4 is 20.1 Å². The number of fused-ring (bicyclic) bond motifs is 1. The van der Waals surface area contributed by atoms with E-state index in [9.17, 15) is 13.9 Å². The van der Waals surface area contributed by atoms with Crippen molar-refractivity contribution in [3.63, 3.8) is 0 Å². The molecular weight excluding hydrogens is 294 g/mol. The number of hydrogen-bond donors (Lipinski definition) is 3. The third-order valence-corrected chi connectivity index (χ3v) is 3.07. The number of rotatable bonds is 4. The molecule has 0 aliphatic carbocycles. The zero-order valence-electron chi connectivity index (χ0n) is 11.5. The molecule has 22 heavy (non-hydrogen) atoms. The Bertz CT molecular complexity index is 682. The molecule has 0 aromatic heterocycles. The molecule has 1 aliphatic rings. The van der Waals surface area contributed by atoms with Crippen LogP contribution in [-0.2, 0) is 0 Å². The quantitative estimate of drug-likeness (QED) is 0.758. The van der Waals surface area contributed by atoms with Crippen LogP contribution in [0.5, 0.6) is 11.5 Å². The Kier molecular flexibility index (Phi) is 3.97. The first kappa shape index (κ1) is 14.4. The summed E-state index contributed by atoms with van der Waals surface area (Å²) in [4.78, 5) is 0. The summed E-state index contributed by atoms with van der Waals surface area (Å²) in [6.07, 6.45) is -1.19. The first-order valence-corrected chi connectivity index (χ1v) is 6.68. The van der Waals surface area contributed by atoms with Gasteiger partial charge in [-0.15, -0.1) is 0 Å². The predicted octanol–water partition coefficient (Wildman–Crippen LogP) is 2.54. The van der Waals surface area contributed by atoms with E-state index < -0.39 is 18.0 Å². The molecule has 5 nitrogen and oxygen atoms in total. The van der Waals surface area contributed by atoms with Crippen LogP contribution in [0.4, 0.5) is 20.2 Å². The summed E-state index contributed by atoms with van der Waals surface area (Å²) < 4.78 is 36.8. The molecule has 2 aromatic carbocycles. The molecule has 1 atom stereocenters. The summed E-state index contributed by atoms with van der Waals surface area (Å²) in [5, 5.41) is 15.3. The molecule has 3 rings (SSSR count). The molecule has 116 valence electrons. The van der Waals surface area contributed by atoms with Crippen molar-refractivity contribution >= 4 is 11.4 Å². The Labute approximate surface area is 125 Å². The van der Waals surface area contributed by atoms with Gasteiger partial charge in [-0.05, 0) is 24.3 Å². The Morgan fingerprint density at radius 2 is 1.50 bits per heavy atom. The van der Waals surface area contributed by atoms with Gasteiger partial charge < -0.3 is 25.2 Å². The minimum absolute atomic E-state index is 0.247. The number of benzene rings is 2. The molecule has 0 saturated heterocycles. The van der Waals surface area contributed by atoms with Gasteiger partial charge in [-0.2, -0.15) is 0 Å². The van der Waals surface area contributed by atoms with Crippen molar-refractivity contribution in [2.75, 3.05) is 23.8 Å². The number of aliphatic hydroxyl groups is 1. The van der Waals surface area contributed by atoms with Gasteiger partial charge in [-0.3, -0.25) is 0 Å². The van der Waals surface area contributed by atoms with Gasteiger partial charge >= 0.3 is 0 Å². The van der Waals surface area contributed by atoms with Gasteiger partial charge in [-0.1, -0.05) is 0 Å². The minimum atomic E-state index is -1.19. The van der Waals surface area contributed by atoms with E-state index in [0.29, 0.717) is 30.4 Å². The number of anilines is 2. The zero-order chi connectivity index (χ0) is 15.5. The average molecular weight is 308 g/mol. The van der Waals surface area contributed by atoms with Crippen molar-refractivity contribution in [2.24, 2.45) is 0 Å². The summed E-state index contributed by atoms with van der Waals surface area (Å²) >= 11 is 0. The number of nitrogens with one attached hydrogen (secondary N) is 2. The summed E-state index contributed by atoms with van der Waals surface area (Å²) in [6, 6.07) is 8.39. The Hall–Kier alpha value is -2.54. The molecule has 0 saturated carbocycles.